The number of benzene rings is 3. The number of aromatic nitrogens is 1. The van der Waals surface area contributed by atoms with Gasteiger partial charge in [-0.3, -0.25) is 4.79 Å². The highest BCUT2D eigenvalue weighted by molar-refractivity contribution is 6.38. The summed E-state index contributed by atoms with van der Waals surface area (Å²) in [4.78, 5) is 16.9. The minimum absolute atomic E-state index is 0.178. The molecule has 0 aliphatic carbocycles. The summed E-state index contributed by atoms with van der Waals surface area (Å²) in [5, 5.41) is 3.79. The molecule has 0 radical (unpaired) electrons. The van der Waals surface area contributed by atoms with Gasteiger partial charge in [-0.2, -0.15) is 0 Å². The van der Waals surface area contributed by atoms with Gasteiger partial charge in [0.05, 0.1) is 5.02 Å². The lowest BCUT2D eigenvalue weighted by molar-refractivity contribution is 0.102. The monoisotopic (exact) mass is 396 g/mol. The van der Waals surface area contributed by atoms with E-state index in [0.717, 1.165) is 11.1 Å². The van der Waals surface area contributed by atoms with Crippen molar-refractivity contribution in [1.82, 2.24) is 4.98 Å². The van der Waals surface area contributed by atoms with Crippen molar-refractivity contribution in [2.75, 3.05) is 5.32 Å². The van der Waals surface area contributed by atoms with Crippen LogP contribution in [-0.4, -0.2) is 10.9 Å². The molecule has 1 heterocycles. The third-order valence-corrected chi connectivity index (χ3v) is 4.56. The standard InChI is InChI=1S/C21H14Cl2N2O2/c1-12-4-2-5-13(8-12)20(26)24-16-7-3-6-14(9-16)21-25-18-11-15(22)10-17(23)19(18)27-21/h2-11H,1H3,(H,24,26). The molecule has 4 nitrogen and oxygen atoms in total. The zero-order valence-corrected chi connectivity index (χ0v) is 15.8. The van der Waals surface area contributed by atoms with Crippen LogP contribution in [0.25, 0.3) is 22.6 Å². The molecular formula is C21H14Cl2N2O2. The van der Waals surface area contributed by atoms with Gasteiger partial charge in [0.2, 0.25) is 5.89 Å². The summed E-state index contributed by atoms with van der Waals surface area (Å²) >= 11 is 12.2. The number of hydrogen-bond acceptors (Lipinski definition) is 3. The molecule has 1 N–H and O–H groups in total. The molecule has 0 atom stereocenters. The summed E-state index contributed by atoms with van der Waals surface area (Å²) in [5.41, 5.74) is 4.05. The molecule has 3 aromatic carbocycles. The van der Waals surface area contributed by atoms with Crippen LogP contribution in [0.5, 0.6) is 0 Å². The lowest BCUT2D eigenvalue weighted by Crippen LogP contribution is -2.11. The summed E-state index contributed by atoms with van der Waals surface area (Å²) in [6.07, 6.45) is 0. The van der Waals surface area contributed by atoms with E-state index in [4.69, 9.17) is 27.6 Å². The molecule has 4 aromatic rings. The van der Waals surface area contributed by atoms with Crippen LogP contribution in [0, 0.1) is 6.92 Å². The van der Waals surface area contributed by atoms with E-state index in [1.807, 2.05) is 43.3 Å². The summed E-state index contributed by atoms with van der Waals surface area (Å²) in [6, 6.07) is 18.0. The van der Waals surface area contributed by atoms with Crippen molar-refractivity contribution in [3.05, 3.63) is 81.8 Å². The van der Waals surface area contributed by atoms with E-state index in [0.29, 0.717) is 38.3 Å². The molecule has 0 spiro atoms. The van der Waals surface area contributed by atoms with Gasteiger partial charge < -0.3 is 9.73 Å². The molecule has 4 rings (SSSR count). The molecule has 6 heteroatoms. The number of oxazole rings is 1. The summed E-state index contributed by atoms with van der Waals surface area (Å²) in [7, 11) is 0. The molecule has 0 bridgehead atoms. The van der Waals surface area contributed by atoms with Crippen LogP contribution in [0.15, 0.2) is 65.1 Å². The smallest absolute Gasteiger partial charge is 0.255 e. The van der Waals surface area contributed by atoms with Gasteiger partial charge in [0.15, 0.2) is 5.58 Å². The molecule has 0 saturated heterocycles. The van der Waals surface area contributed by atoms with Crippen molar-refractivity contribution in [1.29, 1.82) is 0 Å². The van der Waals surface area contributed by atoms with Crippen LogP contribution >= 0.6 is 23.2 Å². The Morgan fingerprint density at radius 2 is 1.85 bits per heavy atom. The quantitative estimate of drug-likeness (QED) is 0.438. The Hall–Kier alpha value is -2.82. The van der Waals surface area contributed by atoms with Crippen LogP contribution < -0.4 is 5.32 Å². The van der Waals surface area contributed by atoms with Crippen molar-refractivity contribution in [2.24, 2.45) is 0 Å². The highest BCUT2D eigenvalue weighted by Crippen LogP contribution is 2.32. The van der Waals surface area contributed by atoms with E-state index < -0.39 is 0 Å². The summed E-state index contributed by atoms with van der Waals surface area (Å²) < 4.78 is 5.79. The molecule has 27 heavy (non-hydrogen) atoms. The largest absolute Gasteiger partial charge is 0.435 e. The highest BCUT2D eigenvalue weighted by atomic mass is 35.5. The number of carbonyl (C=O) groups is 1. The first-order valence-corrected chi connectivity index (χ1v) is 8.99. The maximum Gasteiger partial charge on any atom is 0.255 e. The second-order valence-corrected chi connectivity index (χ2v) is 7.00. The van der Waals surface area contributed by atoms with Crippen molar-refractivity contribution < 1.29 is 9.21 Å². The molecule has 134 valence electrons. The van der Waals surface area contributed by atoms with E-state index in [9.17, 15) is 4.79 Å². The fourth-order valence-electron chi connectivity index (χ4n) is 2.80. The van der Waals surface area contributed by atoms with Gasteiger partial charge in [-0.15, -0.1) is 0 Å². The van der Waals surface area contributed by atoms with Crippen molar-refractivity contribution >= 4 is 45.9 Å². The van der Waals surface area contributed by atoms with E-state index in [2.05, 4.69) is 10.3 Å². The first-order chi connectivity index (χ1) is 13.0. The number of hydrogen-bond donors (Lipinski definition) is 1. The molecule has 1 amide bonds. The lowest BCUT2D eigenvalue weighted by atomic mass is 10.1. The van der Waals surface area contributed by atoms with Gasteiger partial charge in [-0.05, 0) is 49.4 Å². The first-order valence-electron chi connectivity index (χ1n) is 8.23. The SMILES string of the molecule is Cc1cccc(C(=O)Nc2cccc(-c3nc4cc(Cl)cc(Cl)c4o3)c2)c1. The topological polar surface area (TPSA) is 55.1 Å². The number of rotatable bonds is 3. The second-order valence-electron chi connectivity index (χ2n) is 6.16. The van der Waals surface area contributed by atoms with Crippen molar-refractivity contribution in [2.45, 2.75) is 6.92 Å². The third-order valence-electron chi connectivity index (χ3n) is 4.06. The van der Waals surface area contributed by atoms with Gasteiger partial charge >= 0.3 is 0 Å². The zero-order valence-electron chi connectivity index (χ0n) is 14.3. The van der Waals surface area contributed by atoms with E-state index >= 15 is 0 Å². The Balaban J connectivity index is 1.65. The third kappa shape index (κ3) is 3.68. The Labute approximate surface area is 165 Å². The number of amides is 1. The Morgan fingerprint density at radius 1 is 1.04 bits per heavy atom. The Bertz CT molecular complexity index is 1170. The van der Waals surface area contributed by atoms with Crippen LogP contribution in [-0.2, 0) is 0 Å². The number of carbonyl (C=O) groups excluding carboxylic acids is 1. The predicted molar refractivity (Wildman–Crippen MR) is 109 cm³/mol. The van der Waals surface area contributed by atoms with Gasteiger partial charge in [0, 0.05) is 21.8 Å². The number of aryl methyl sites for hydroxylation is 1. The second kappa shape index (κ2) is 7.06. The summed E-state index contributed by atoms with van der Waals surface area (Å²) in [5.74, 6) is 0.226. The molecule has 0 fully saturated rings. The Kier molecular flexibility index (Phi) is 4.60. The number of halogens is 2. The highest BCUT2D eigenvalue weighted by Gasteiger charge is 2.13. The first kappa shape index (κ1) is 17.6. The van der Waals surface area contributed by atoms with Crippen molar-refractivity contribution in [3.8, 4) is 11.5 Å². The lowest BCUT2D eigenvalue weighted by Gasteiger charge is -2.07. The molecular weight excluding hydrogens is 383 g/mol. The zero-order chi connectivity index (χ0) is 19.0. The van der Waals surface area contributed by atoms with E-state index in [-0.39, 0.29) is 5.91 Å². The molecule has 1 aromatic heterocycles. The molecule has 0 aliphatic rings. The summed E-state index contributed by atoms with van der Waals surface area (Å²) in [6.45, 7) is 1.95. The van der Waals surface area contributed by atoms with Crippen molar-refractivity contribution in [3.63, 3.8) is 0 Å². The average Bonchev–Trinajstić information content (AvgIpc) is 3.06. The van der Waals surface area contributed by atoms with Gasteiger partial charge in [-0.1, -0.05) is 47.0 Å². The maximum atomic E-state index is 12.5. The van der Waals surface area contributed by atoms with Crippen LogP contribution in [0.2, 0.25) is 10.0 Å². The van der Waals surface area contributed by atoms with Gasteiger partial charge in [-0.25, -0.2) is 4.98 Å². The fraction of sp³-hybridized carbons (Fsp3) is 0.0476. The number of nitrogens with zero attached hydrogens (tertiary/aromatic N) is 1. The Morgan fingerprint density at radius 3 is 2.67 bits per heavy atom. The van der Waals surface area contributed by atoms with Gasteiger partial charge in [0.1, 0.15) is 5.52 Å². The number of fused-ring (bicyclic) bond motifs is 1. The fourth-order valence-corrected chi connectivity index (χ4v) is 3.32. The number of nitrogens with one attached hydrogen (secondary N) is 1. The average molecular weight is 397 g/mol. The predicted octanol–water partition coefficient (Wildman–Crippen LogP) is 6.36. The number of anilines is 1. The van der Waals surface area contributed by atoms with Crippen LogP contribution in [0.4, 0.5) is 5.69 Å². The van der Waals surface area contributed by atoms with Crippen LogP contribution in [0.3, 0.4) is 0 Å². The van der Waals surface area contributed by atoms with E-state index in [1.165, 1.54) is 0 Å². The molecule has 0 saturated carbocycles. The molecule has 0 aliphatic heterocycles. The van der Waals surface area contributed by atoms with E-state index in [1.54, 1.807) is 24.3 Å². The normalized spacial score (nSPS) is 10.9. The minimum atomic E-state index is -0.178. The van der Waals surface area contributed by atoms with Gasteiger partial charge in [0.25, 0.3) is 5.91 Å². The van der Waals surface area contributed by atoms with Crippen LogP contribution in [0.1, 0.15) is 15.9 Å². The molecule has 0 unspecified atom stereocenters. The maximum absolute atomic E-state index is 12.5. The minimum Gasteiger partial charge on any atom is -0.435 e.